The number of hydrogen-bond donors (Lipinski definition) is 2. The number of aryl methyl sites for hydroxylation is 1. The fourth-order valence-corrected chi connectivity index (χ4v) is 1.44. The minimum atomic E-state index is -1.61. The number of carbonyl (C=O) groups is 1. The number of esters is 1. The van der Waals surface area contributed by atoms with Crippen LogP contribution in [0, 0.1) is 18.3 Å². The van der Waals surface area contributed by atoms with Gasteiger partial charge < -0.3 is 15.2 Å². The molecule has 0 aliphatic carbocycles. The first-order valence-corrected chi connectivity index (χ1v) is 5.46. The molecular formula is C13H16N2O3. The molecule has 0 heterocycles. The van der Waals surface area contributed by atoms with Crippen LogP contribution in [0.15, 0.2) is 18.2 Å². The molecule has 1 aromatic carbocycles. The highest BCUT2D eigenvalue weighted by atomic mass is 16.5. The molecule has 0 fully saturated rings. The number of anilines is 1. The highest BCUT2D eigenvalue weighted by Crippen LogP contribution is 2.18. The van der Waals surface area contributed by atoms with Crippen LogP contribution in [0.25, 0.3) is 0 Å². The minimum Gasteiger partial charge on any atom is -0.467 e. The van der Waals surface area contributed by atoms with Gasteiger partial charge in [-0.05, 0) is 31.5 Å². The third-order valence-corrected chi connectivity index (χ3v) is 2.61. The zero-order valence-electron chi connectivity index (χ0n) is 10.7. The van der Waals surface area contributed by atoms with E-state index in [9.17, 15) is 9.90 Å². The summed E-state index contributed by atoms with van der Waals surface area (Å²) >= 11 is 0. The van der Waals surface area contributed by atoms with Gasteiger partial charge >= 0.3 is 5.97 Å². The highest BCUT2D eigenvalue weighted by molar-refractivity contribution is 5.79. The lowest BCUT2D eigenvalue weighted by molar-refractivity contribution is -0.158. The molecule has 0 spiro atoms. The van der Waals surface area contributed by atoms with E-state index < -0.39 is 11.6 Å². The molecule has 0 radical (unpaired) electrons. The van der Waals surface area contributed by atoms with Crippen molar-refractivity contribution in [3.63, 3.8) is 0 Å². The Hall–Kier alpha value is -2.06. The van der Waals surface area contributed by atoms with E-state index in [2.05, 4.69) is 10.1 Å². The van der Waals surface area contributed by atoms with Gasteiger partial charge in [0.25, 0.3) is 0 Å². The van der Waals surface area contributed by atoms with Crippen LogP contribution < -0.4 is 5.32 Å². The lowest BCUT2D eigenvalue weighted by Gasteiger charge is -2.21. The first-order chi connectivity index (χ1) is 8.40. The Morgan fingerprint density at radius 2 is 2.28 bits per heavy atom. The number of nitrogens with zero attached hydrogens (tertiary/aromatic N) is 1. The fourth-order valence-electron chi connectivity index (χ4n) is 1.44. The van der Waals surface area contributed by atoms with Gasteiger partial charge in [-0.25, -0.2) is 4.79 Å². The average Bonchev–Trinajstić information content (AvgIpc) is 2.36. The van der Waals surface area contributed by atoms with Crippen LogP contribution in [0.1, 0.15) is 18.1 Å². The molecule has 0 saturated carbocycles. The molecule has 0 saturated heterocycles. The van der Waals surface area contributed by atoms with Crippen molar-refractivity contribution in [3.05, 3.63) is 29.3 Å². The van der Waals surface area contributed by atoms with Crippen LogP contribution in [0.3, 0.4) is 0 Å². The van der Waals surface area contributed by atoms with Crippen LogP contribution in [0.2, 0.25) is 0 Å². The SMILES string of the molecule is COC(=O)C(C)(O)CNc1cc(C#N)ccc1C. The van der Waals surface area contributed by atoms with Gasteiger partial charge in [-0.3, -0.25) is 0 Å². The number of aliphatic hydroxyl groups is 1. The maximum absolute atomic E-state index is 11.3. The largest absolute Gasteiger partial charge is 0.467 e. The Bertz CT molecular complexity index is 489. The first-order valence-electron chi connectivity index (χ1n) is 5.46. The Balaban J connectivity index is 2.81. The summed E-state index contributed by atoms with van der Waals surface area (Å²) in [4.78, 5) is 11.3. The molecule has 2 N–H and O–H groups in total. The Kier molecular flexibility index (Phi) is 4.29. The van der Waals surface area contributed by atoms with Crippen molar-refractivity contribution in [2.45, 2.75) is 19.4 Å². The number of hydrogen-bond acceptors (Lipinski definition) is 5. The van der Waals surface area contributed by atoms with Gasteiger partial charge in [0.1, 0.15) is 0 Å². The molecule has 5 nitrogen and oxygen atoms in total. The molecule has 0 aromatic heterocycles. The topological polar surface area (TPSA) is 82.3 Å². The monoisotopic (exact) mass is 248 g/mol. The van der Waals surface area contributed by atoms with Crippen LogP contribution in [-0.2, 0) is 9.53 Å². The van der Waals surface area contributed by atoms with E-state index in [1.807, 2.05) is 13.0 Å². The molecule has 1 aromatic rings. The summed E-state index contributed by atoms with van der Waals surface area (Å²) in [5.74, 6) is -0.705. The smallest absolute Gasteiger partial charge is 0.339 e. The summed E-state index contributed by atoms with van der Waals surface area (Å²) in [6.07, 6.45) is 0. The summed E-state index contributed by atoms with van der Waals surface area (Å²) in [6, 6.07) is 7.21. The van der Waals surface area contributed by atoms with Crippen LogP contribution in [0.4, 0.5) is 5.69 Å². The molecule has 0 bridgehead atoms. The number of carbonyl (C=O) groups excluding carboxylic acids is 1. The van der Waals surface area contributed by atoms with Gasteiger partial charge in [0.05, 0.1) is 25.3 Å². The van der Waals surface area contributed by atoms with Crippen molar-refractivity contribution in [2.75, 3.05) is 19.0 Å². The minimum absolute atomic E-state index is 0.00932. The quantitative estimate of drug-likeness (QED) is 0.782. The van der Waals surface area contributed by atoms with Gasteiger partial charge in [-0.1, -0.05) is 6.07 Å². The van der Waals surface area contributed by atoms with Crippen molar-refractivity contribution in [3.8, 4) is 6.07 Å². The second-order valence-corrected chi connectivity index (χ2v) is 4.26. The summed E-state index contributed by atoms with van der Waals surface area (Å²) in [6.45, 7) is 3.25. The number of benzene rings is 1. The van der Waals surface area contributed by atoms with E-state index in [-0.39, 0.29) is 6.54 Å². The zero-order valence-corrected chi connectivity index (χ0v) is 10.7. The molecule has 0 aliphatic rings. The predicted octanol–water partition coefficient (Wildman–Crippen LogP) is 1.20. The number of nitriles is 1. The summed E-state index contributed by atoms with van der Waals surface area (Å²) in [7, 11) is 1.22. The third-order valence-electron chi connectivity index (χ3n) is 2.61. The predicted molar refractivity (Wildman–Crippen MR) is 67.0 cm³/mol. The van der Waals surface area contributed by atoms with E-state index in [0.29, 0.717) is 11.3 Å². The lowest BCUT2D eigenvalue weighted by Crippen LogP contribution is -2.42. The molecule has 96 valence electrons. The molecule has 1 unspecified atom stereocenters. The Morgan fingerprint density at radius 1 is 1.61 bits per heavy atom. The standard InChI is InChI=1S/C13H16N2O3/c1-9-4-5-10(7-14)6-11(9)15-8-13(2,17)12(16)18-3/h4-6,15,17H,8H2,1-3H3. The van der Waals surface area contributed by atoms with E-state index in [4.69, 9.17) is 5.26 Å². The first kappa shape index (κ1) is 14.0. The van der Waals surface area contributed by atoms with Gasteiger partial charge in [0, 0.05) is 5.69 Å². The van der Waals surface area contributed by atoms with E-state index in [0.717, 1.165) is 5.56 Å². The molecule has 0 aliphatic heterocycles. The fraction of sp³-hybridized carbons (Fsp3) is 0.385. The maximum atomic E-state index is 11.3. The molecule has 0 amide bonds. The van der Waals surface area contributed by atoms with Crippen molar-refractivity contribution in [1.29, 1.82) is 5.26 Å². The number of ether oxygens (including phenoxy) is 1. The van der Waals surface area contributed by atoms with Gasteiger partial charge in [-0.2, -0.15) is 5.26 Å². The Labute approximate surface area is 106 Å². The van der Waals surface area contributed by atoms with Crippen LogP contribution >= 0.6 is 0 Å². The molecule has 5 heteroatoms. The normalized spacial score (nSPS) is 13.3. The lowest BCUT2D eigenvalue weighted by atomic mass is 10.1. The van der Waals surface area contributed by atoms with Crippen molar-refractivity contribution >= 4 is 11.7 Å². The van der Waals surface area contributed by atoms with Gasteiger partial charge in [0.2, 0.25) is 0 Å². The molecule has 18 heavy (non-hydrogen) atoms. The molecular weight excluding hydrogens is 232 g/mol. The van der Waals surface area contributed by atoms with Crippen molar-refractivity contribution < 1.29 is 14.6 Å². The van der Waals surface area contributed by atoms with Gasteiger partial charge in [-0.15, -0.1) is 0 Å². The second kappa shape index (κ2) is 5.52. The second-order valence-electron chi connectivity index (χ2n) is 4.26. The van der Waals surface area contributed by atoms with Crippen LogP contribution in [-0.4, -0.2) is 30.3 Å². The number of nitrogens with one attached hydrogen (secondary N) is 1. The van der Waals surface area contributed by atoms with Crippen molar-refractivity contribution in [2.24, 2.45) is 0 Å². The zero-order chi connectivity index (χ0) is 13.8. The number of rotatable bonds is 4. The molecule has 1 atom stereocenters. The third kappa shape index (κ3) is 3.22. The molecule has 1 rings (SSSR count). The van der Waals surface area contributed by atoms with Gasteiger partial charge in [0.15, 0.2) is 5.60 Å². The highest BCUT2D eigenvalue weighted by Gasteiger charge is 2.31. The summed E-state index contributed by atoms with van der Waals surface area (Å²) in [5, 5.41) is 21.6. The van der Waals surface area contributed by atoms with Crippen LogP contribution in [0.5, 0.6) is 0 Å². The summed E-state index contributed by atoms with van der Waals surface area (Å²) < 4.78 is 4.50. The van der Waals surface area contributed by atoms with E-state index in [1.165, 1.54) is 14.0 Å². The summed E-state index contributed by atoms with van der Waals surface area (Å²) in [5.41, 5.74) is 0.540. The number of methoxy groups -OCH3 is 1. The average molecular weight is 248 g/mol. The van der Waals surface area contributed by atoms with E-state index >= 15 is 0 Å². The van der Waals surface area contributed by atoms with Crippen molar-refractivity contribution in [1.82, 2.24) is 0 Å². The Morgan fingerprint density at radius 3 is 2.83 bits per heavy atom. The van der Waals surface area contributed by atoms with E-state index in [1.54, 1.807) is 18.2 Å². The maximum Gasteiger partial charge on any atom is 0.339 e.